The highest BCUT2D eigenvalue weighted by atomic mass is 14.8. The molecule has 82 valence electrons. The lowest BCUT2D eigenvalue weighted by molar-refractivity contribution is 0.0187. The zero-order valence-corrected chi connectivity index (χ0v) is 9.88. The summed E-state index contributed by atoms with van der Waals surface area (Å²) in [5.41, 5.74) is 5.00. The molecule has 1 N–H and O–H groups in total. The molecule has 0 aliphatic heterocycles. The molecule has 0 saturated heterocycles. The number of aromatic nitrogens is 1. The van der Waals surface area contributed by atoms with Gasteiger partial charge in [0.25, 0.3) is 0 Å². The van der Waals surface area contributed by atoms with Crippen LogP contribution < -0.4 is 0 Å². The second-order valence-electron chi connectivity index (χ2n) is 6.07. The predicted molar refractivity (Wildman–Crippen MR) is 66.6 cm³/mol. The van der Waals surface area contributed by atoms with Gasteiger partial charge in [0.2, 0.25) is 0 Å². The van der Waals surface area contributed by atoms with Crippen LogP contribution in [0.3, 0.4) is 0 Å². The summed E-state index contributed by atoms with van der Waals surface area (Å²) in [6.45, 7) is 4.88. The molecule has 2 bridgehead atoms. The van der Waals surface area contributed by atoms with Crippen LogP contribution in [0, 0.1) is 11.3 Å². The SMILES string of the molecule is CC1(C)C2Cc3[nH]c4ccccc4c3C1C2. The molecule has 1 saturated carbocycles. The van der Waals surface area contributed by atoms with Crippen molar-refractivity contribution < 1.29 is 0 Å². The van der Waals surface area contributed by atoms with E-state index in [0.29, 0.717) is 5.41 Å². The Hall–Kier alpha value is -1.24. The molecule has 2 atom stereocenters. The topological polar surface area (TPSA) is 15.8 Å². The van der Waals surface area contributed by atoms with Crippen molar-refractivity contribution >= 4 is 10.9 Å². The van der Waals surface area contributed by atoms with Gasteiger partial charge in [0.05, 0.1) is 0 Å². The van der Waals surface area contributed by atoms with E-state index in [4.69, 9.17) is 0 Å². The van der Waals surface area contributed by atoms with Crippen LogP contribution >= 0.6 is 0 Å². The first-order chi connectivity index (χ1) is 7.68. The van der Waals surface area contributed by atoms with Gasteiger partial charge < -0.3 is 4.98 Å². The maximum Gasteiger partial charge on any atom is 0.0459 e. The minimum absolute atomic E-state index is 0.526. The highest BCUT2D eigenvalue weighted by Crippen LogP contribution is 2.63. The molecule has 3 aliphatic carbocycles. The maximum atomic E-state index is 3.61. The van der Waals surface area contributed by atoms with E-state index >= 15 is 0 Å². The van der Waals surface area contributed by atoms with E-state index in [1.807, 2.05) is 0 Å². The van der Waals surface area contributed by atoms with Gasteiger partial charge in [-0.05, 0) is 41.7 Å². The zero-order valence-electron chi connectivity index (χ0n) is 9.88. The maximum absolute atomic E-state index is 3.61. The van der Waals surface area contributed by atoms with Crippen molar-refractivity contribution in [1.29, 1.82) is 0 Å². The normalized spacial score (nSPS) is 29.9. The molecule has 3 aliphatic rings. The molecular weight excluding hydrogens is 194 g/mol. The lowest BCUT2D eigenvalue weighted by atomic mass is 9.48. The van der Waals surface area contributed by atoms with Crippen molar-refractivity contribution in [3.63, 3.8) is 0 Å². The first-order valence-corrected chi connectivity index (χ1v) is 6.27. The molecule has 1 aromatic carbocycles. The largest absolute Gasteiger partial charge is 0.358 e. The third-order valence-electron chi connectivity index (χ3n) is 5.10. The first kappa shape index (κ1) is 8.86. The summed E-state index contributed by atoms with van der Waals surface area (Å²) in [4.78, 5) is 3.61. The number of aromatic amines is 1. The van der Waals surface area contributed by atoms with Gasteiger partial charge in [-0.15, -0.1) is 0 Å². The Labute approximate surface area is 95.9 Å². The number of nitrogens with one attached hydrogen (secondary N) is 1. The third kappa shape index (κ3) is 0.843. The summed E-state index contributed by atoms with van der Waals surface area (Å²) in [6, 6.07) is 8.77. The van der Waals surface area contributed by atoms with Crippen molar-refractivity contribution in [3.8, 4) is 0 Å². The number of hydrogen-bond acceptors (Lipinski definition) is 0. The molecule has 5 rings (SSSR count). The molecule has 2 aromatic rings. The van der Waals surface area contributed by atoms with Crippen LogP contribution in [-0.2, 0) is 6.42 Å². The van der Waals surface area contributed by atoms with Gasteiger partial charge in [-0.2, -0.15) is 0 Å². The second kappa shape index (κ2) is 2.53. The molecular formula is C15H17N. The van der Waals surface area contributed by atoms with Crippen LogP contribution in [0.5, 0.6) is 0 Å². The number of para-hydroxylation sites is 1. The number of H-pyrrole nitrogens is 1. The summed E-state index contributed by atoms with van der Waals surface area (Å²) in [7, 11) is 0. The van der Waals surface area contributed by atoms with Crippen LogP contribution in [0.2, 0.25) is 0 Å². The number of rotatable bonds is 0. The van der Waals surface area contributed by atoms with E-state index in [9.17, 15) is 0 Å². The average molecular weight is 211 g/mol. The monoisotopic (exact) mass is 211 g/mol. The first-order valence-electron chi connectivity index (χ1n) is 6.27. The molecule has 1 heteroatoms. The van der Waals surface area contributed by atoms with Gasteiger partial charge in [0.15, 0.2) is 0 Å². The van der Waals surface area contributed by atoms with Crippen LogP contribution in [0.25, 0.3) is 10.9 Å². The lowest BCUT2D eigenvalue weighted by Gasteiger charge is -2.56. The number of hydrogen-bond donors (Lipinski definition) is 1. The van der Waals surface area contributed by atoms with Crippen molar-refractivity contribution in [3.05, 3.63) is 35.5 Å². The highest BCUT2D eigenvalue weighted by molar-refractivity contribution is 5.86. The molecule has 1 fully saturated rings. The minimum Gasteiger partial charge on any atom is -0.358 e. The molecule has 1 heterocycles. The smallest absolute Gasteiger partial charge is 0.0459 e. The number of benzene rings is 1. The molecule has 0 amide bonds. The lowest BCUT2D eigenvalue weighted by Crippen LogP contribution is -2.47. The molecule has 2 unspecified atom stereocenters. The average Bonchev–Trinajstić information content (AvgIpc) is 2.66. The van der Waals surface area contributed by atoms with Crippen molar-refractivity contribution in [2.24, 2.45) is 11.3 Å². The highest BCUT2D eigenvalue weighted by Gasteiger charge is 2.53. The Morgan fingerprint density at radius 1 is 1.25 bits per heavy atom. The fraction of sp³-hybridized carbons (Fsp3) is 0.467. The Bertz CT molecular complexity index is 576. The summed E-state index contributed by atoms with van der Waals surface area (Å²) in [5.74, 6) is 1.69. The van der Waals surface area contributed by atoms with E-state index in [1.165, 1.54) is 29.4 Å². The standard InChI is InChI=1S/C15H17N/c1-15(2)9-7-11(15)14-10-5-3-4-6-12(10)16-13(14)8-9/h3-6,9,11,16H,7-8H2,1-2H3. The van der Waals surface area contributed by atoms with E-state index < -0.39 is 0 Å². The predicted octanol–water partition coefficient (Wildman–Crippen LogP) is 3.85. The molecule has 0 spiro atoms. The summed E-state index contributed by atoms with van der Waals surface area (Å²) in [6.07, 6.45) is 2.66. The van der Waals surface area contributed by atoms with E-state index in [2.05, 4.69) is 43.1 Å². The van der Waals surface area contributed by atoms with E-state index in [0.717, 1.165) is 11.8 Å². The Morgan fingerprint density at radius 2 is 2.06 bits per heavy atom. The summed E-state index contributed by atoms with van der Waals surface area (Å²) in [5, 5.41) is 1.47. The Kier molecular flexibility index (Phi) is 1.40. The fourth-order valence-corrected chi connectivity index (χ4v) is 3.88. The van der Waals surface area contributed by atoms with Gasteiger partial charge in [0.1, 0.15) is 0 Å². The quantitative estimate of drug-likeness (QED) is 0.681. The van der Waals surface area contributed by atoms with Crippen molar-refractivity contribution in [2.45, 2.75) is 32.6 Å². The van der Waals surface area contributed by atoms with Gasteiger partial charge in [0, 0.05) is 16.6 Å². The Balaban J connectivity index is 2.03. The van der Waals surface area contributed by atoms with E-state index in [-0.39, 0.29) is 0 Å². The van der Waals surface area contributed by atoms with Gasteiger partial charge >= 0.3 is 0 Å². The van der Waals surface area contributed by atoms with Gasteiger partial charge in [-0.25, -0.2) is 0 Å². The summed E-state index contributed by atoms with van der Waals surface area (Å²) < 4.78 is 0. The van der Waals surface area contributed by atoms with Crippen LogP contribution in [0.4, 0.5) is 0 Å². The van der Waals surface area contributed by atoms with E-state index in [1.54, 1.807) is 5.56 Å². The van der Waals surface area contributed by atoms with Gasteiger partial charge in [-0.3, -0.25) is 0 Å². The Morgan fingerprint density at radius 3 is 2.88 bits per heavy atom. The molecule has 0 radical (unpaired) electrons. The van der Waals surface area contributed by atoms with Gasteiger partial charge in [-0.1, -0.05) is 32.0 Å². The molecule has 1 aromatic heterocycles. The van der Waals surface area contributed by atoms with Crippen LogP contribution in [0.1, 0.15) is 37.4 Å². The summed E-state index contributed by atoms with van der Waals surface area (Å²) >= 11 is 0. The fourth-order valence-electron chi connectivity index (χ4n) is 3.88. The van der Waals surface area contributed by atoms with Crippen LogP contribution in [-0.4, -0.2) is 4.98 Å². The van der Waals surface area contributed by atoms with Crippen LogP contribution in [0.15, 0.2) is 24.3 Å². The van der Waals surface area contributed by atoms with Crippen molar-refractivity contribution in [1.82, 2.24) is 4.98 Å². The zero-order chi connectivity index (χ0) is 10.9. The number of fused-ring (bicyclic) bond motifs is 1. The molecule has 1 nitrogen and oxygen atoms in total. The van der Waals surface area contributed by atoms with Crippen molar-refractivity contribution in [2.75, 3.05) is 0 Å². The molecule has 16 heavy (non-hydrogen) atoms. The second-order valence-corrected chi connectivity index (χ2v) is 6.07. The minimum atomic E-state index is 0.526. The third-order valence-corrected chi connectivity index (χ3v) is 5.10.